The first kappa shape index (κ1) is 16.0. The van der Waals surface area contributed by atoms with Gasteiger partial charge >= 0.3 is 0 Å². The fourth-order valence-electron chi connectivity index (χ4n) is 3.43. The molecule has 0 aliphatic carbocycles. The largest absolute Gasteiger partial charge is 0.504 e. The molecule has 0 fully saturated rings. The normalized spacial score (nSPS) is 15.9. The van der Waals surface area contributed by atoms with Crippen LogP contribution in [0.3, 0.4) is 0 Å². The van der Waals surface area contributed by atoms with Gasteiger partial charge in [0.2, 0.25) is 0 Å². The Kier molecular flexibility index (Phi) is 3.51. The van der Waals surface area contributed by atoms with Crippen LogP contribution in [0.4, 0.5) is 11.4 Å². The van der Waals surface area contributed by atoms with Gasteiger partial charge in [-0.1, -0.05) is 22.0 Å². The molecule has 132 valence electrons. The van der Waals surface area contributed by atoms with Crippen LogP contribution in [0.5, 0.6) is 11.5 Å². The number of allylic oxidation sites excluding steroid dienone is 4. The van der Waals surface area contributed by atoms with Gasteiger partial charge in [0, 0.05) is 33.0 Å². The quantitative estimate of drug-likeness (QED) is 0.767. The number of hydrazone groups is 1. The zero-order chi connectivity index (χ0) is 18.5. The molecule has 3 aliphatic rings. The molecule has 6 nitrogen and oxygen atoms in total. The summed E-state index contributed by atoms with van der Waals surface area (Å²) < 4.78 is 6.00. The molecule has 0 bridgehead atoms. The average molecular weight is 421 g/mol. The van der Waals surface area contributed by atoms with E-state index in [0.29, 0.717) is 5.75 Å². The molecule has 0 saturated carbocycles. The second kappa shape index (κ2) is 5.92. The van der Waals surface area contributed by atoms with Crippen LogP contribution in [0.2, 0.25) is 0 Å². The van der Waals surface area contributed by atoms with Gasteiger partial charge in [-0.2, -0.15) is 5.10 Å². The molecule has 0 amide bonds. The summed E-state index contributed by atoms with van der Waals surface area (Å²) in [5.41, 5.74) is 6.46. The van der Waals surface area contributed by atoms with Crippen LogP contribution < -0.4 is 9.75 Å². The van der Waals surface area contributed by atoms with Gasteiger partial charge in [-0.3, -0.25) is 4.99 Å². The van der Waals surface area contributed by atoms with Crippen LogP contribution in [-0.2, 0) is 0 Å². The maximum Gasteiger partial charge on any atom is 0.161 e. The number of ether oxygens (including phenoxy) is 1. The van der Waals surface area contributed by atoms with Crippen LogP contribution in [0.15, 0.2) is 61.7 Å². The van der Waals surface area contributed by atoms with E-state index in [2.05, 4.69) is 31.0 Å². The first-order valence-corrected chi connectivity index (χ1v) is 9.02. The van der Waals surface area contributed by atoms with E-state index >= 15 is 0 Å². The highest BCUT2D eigenvalue weighted by Gasteiger charge is 2.28. The molecule has 3 aliphatic heterocycles. The highest BCUT2D eigenvalue weighted by Crippen LogP contribution is 2.49. The second-order valence-corrected chi connectivity index (χ2v) is 7.01. The monoisotopic (exact) mass is 420 g/mol. The minimum absolute atomic E-state index is 0.0800. The number of benzene rings is 2. The van der Waals surface area contributed by atoms with Gasteiger partial charge in [-0.15, -0.1) is 0 Å². The van der Waals surface area contributed by atoms with Crippen molar-refractivity contribution in [3.8, 4) is 22.6 Å². The number of rotatable bonds is 2. The van der Waals surface area contributed by atoms with Crippen LogP contribution >= 0.6 is 15.9 Å². The third-order valence-electron chi connectivity index (χ3n) is 4.68. The SMILES string of the molecule is COc1cc(Br)c(-c2ccc3c4c2N=CC4=CC=C2C=NC=NN23)cc1O. The van der Waals surface area contributed by atoms with E-state index < -0.39 is 0 Å². The van der Waals surface area contributed by atoms with Crippen LogP contribution in [0.1, 0.15) is 5.56 Å². The third kappa shape index (κ3) is 2.35. The molecule has 27 heavy (non-hydrogen) atoms. The lowest BCUT2D eigenvalue weighted by Gasteiger charge is -2.23. The Morgan fingerprint density at radius 2 is 2.00 bits per heavy atom. The molecule has 0 unspecified atom stereocenters. The van der Waals surface area contributed by atoms with E-state index in [0.717, 1.165) is 43.8 Å². The van der Waals surface area contributed by atoms with Crippen molar-refractivity contribution >= 4 is 51.6 Å². The Morgan fingerprint density at radius 1 is 1.11 bits per heavy atom. The molecule has 2 aromatic carbocycles. The number of fused-ring (bicyclic) bond motifs is 2. The van der Waals surface area contributed by atoms with Crippen molar-refractivity contribution in [1.29, 1.82) is 0 Å². The van der Waals surface area contributed by atoms with Crippen molar-refractivity contribution in [3.05, 3.63) is 52.2 Å². The van der Waals surface area contributed by atoms with E-state index in [-0.39, 0.29) is 5.75 Å². The first-order chi connectivity index (χ1) is 13.2. The number of nitrogens with zero attached hydrogens (tertiary/aromatic N) is 4. The van der Waals surface area contributed by atoms with E-state index in [1.807, 2.05) is 35.5 Å². The zero-order valence-corrected chi connectivity index (χ0v) is 15.8. The number of hydrogen-bond acceptors (Lipinski definition) is 6. The second-order valence-electron chi connectivity index (χ2n) is 6.15. The summed E-state index contributed by atoms with van der Waals surface area (Å²) in [5, 5.41) is 16.5. The fraction of sp³-hybridized carbons (Fsp3) is 0.0500. The lowest BCUT2D eigenvalue weighted by Crippen LogP contribution is -2.19. The summed E-state index contributed by atoms with van der Waals surface area (Å²) in [5.74, 6) is 0.494. The number of aliphatic imine (C=N–C) groups is 2. The third-order valence-corrected chi connectivity index (χ3v) is 5.34. The molecule has 0 saturated heterocycles. The van der Waals surface area contributed by atoms with Crippen LogP contribution in [-0.4, -0.2) is 31.0 Å². The molecule has 0 radical (unpaired) electrons. The Bertz CT molecular complexity index is 1150. The molecular formula is C20H13BrN4O2. The van der Waals surface area contributed by atoms with Gasteiger partial charge < -0.3 is 9.84 Å². The van der Waals surface area contributed by atoms with Crippen LogP contribution in [0.25, 0.3) is 16.7 Å². The molecule has 5 rings (SSSR count). The maximum absolute atomic E-state index is 10.2. The highest BCUT2D eigenvalue weighted by atomic mass is 79.9. The number of phenols is 1. The maximum atomic E-state index is 10.2. The summed E-state index contributed by atoms with van der Waals surface area (Å²) in [6.45, 7) is 0. The number of methoxy groups -OCH3 is 1. The van der Waals surface area contributed by atoms with Crippen LogP contribution in [0, 0.1) is 0 Å². The molecule has 3 heterocycles. The first-order valence-electron chi connectivity index (χ1n) is 8.23. The molecular weight excluding hydrogens is 408 g/mol. The number of anilines is 1. The summed E-state index contributed by atoms with van der Waals surface area (Å²) in [6.07, 6.45) is 9.15. The molecule has 0 spiro atoms. The number of hydrogen-bond donors (Lipinski definition) is 1. The lowest BCUT2D eigenvalue weighted by molar-refractivity contribution is 0.373. The van der Waals surface area contributed by atoms with Crippen molar-refractivity contribution in [2.24, 2.45) is 15.1 Å². The van der Waals surface area contributed by atoms with Crippen molar-refractivity contribution in [3.63, 3.8) is 0 Å². The average Bonchev–Trinajstić information content (AvgIpc) is 3.04. The van der Waals surface area contributed by atoms with Gasteiger partial charge in [0.1, 0.15) is 6.34 Å². The van der Waals surface area contributed by atoms with E-state index in [1.165, 1.54) is 13.4 Å². The van der Waals surface area contributed by atoms with Crippen molar-refractivity contribution in [2.75, 3.05) is 12.1 Å². The molecule has 2 aromatic rings. The number of halogens is 1. The summed E-state index contributed by atoms with van der Waals surface area (Å²) in [4.78, 5) is 8.76. The minimum atomic E-state index is 0.0800. The predicted molar refractivity (Wildman–Crippen MR) is 111 cm³/mol. The van der Waals surface area contributed by atoms with Gasteiger partial charge in [-0.25, -0.2) is 10.0 Å². The van der Waals surface area contributed by atoms with Gasteiger partial charge in [0.05, 0.1) is 30.4 Å². The fourth-order valence-corrected chi connectivity index (χ4v) is 3.97. The highest BCUT2D eigenvalue weighted by molar-refractivity contribution is 9.10. The molecule has 0 atom stereocenters. The molecule has 1 N–H and O–H groups in total. The van der Waals surface area contributed by atoms with Gasteiger partial charge in [-0.05, 0) is 30.3 Å². The number of phenolic OH excluding ortho intramolecular Hbond substituents is 1. The number of aromatic hydroxyl groups is 1. The Morgan fingerprint density at radius 3 is 2.85 bits per heavy atom. The Labute approximate surface area is 163 Å². The summed E-state index contributed by atoms with van der Waals surface area (Å²) in [6, 6.07) is 7.44. The molecule has 0 aromatic heterocycles. The molecule has 7 heteroatoms. The van der Waals surface area contributed by atoms with Gasteiger partial charge in [0.15, 0.2) is 11.5 Å². The Balaban J connectivity index is 1.74. The summed E-state index contributed by atoms with van der Waals surface area (Å²) in [7, 11) is 1.53. The van der Waals surface area contributed by atoms with Gasteiger partial charge in [0.25, 0.3) is 0 Å². The minimum Gasteiger partial charge on any atom is -0.504 e. The van der Waals surface area contributed by atoms with Crippen molar-refractivity contribution < 1.29 is 9.84 Å². The van der Waals surface area contributed by atoms with Crippen molar-refractivity contribution in [1.82, 2.24) is 0 Å². The topological polar surface area (TPSA) is 69.8 Å². The Hall–Kier alpha value is -3.19. The van der Waals surface area contributed by atoms with E-state index in [4.69, 9.17) is 4.74 Å². The van der Waals surface area contributed by atoms with Crippen molar-refractivity contribution in [2.45, 2.75) is 0 Å². The smallest absolute Gasteiger partial charge is 0.161 e. The summed E-state index contributed by atoms with van der Waals surface area (Å²) >= 11 is 3.58. The lowest BCUT2D eigenvalue weighted by atomic mass is 9.96. The van der Waals surface area contributed by atoms with E-state index in [1.54, 1.807) is 18.3 Å². The van der Waals surface area contributed by atoms with E-state index in [9.17, 15) is 5.11 Å². The zero-order valence-electron chi connectivity index (χ0n) is 14.2. The predicted octanol–water partition coefficient (Wildman–Crippen LogP) is 4.66. The standard InChI is InChI=1S/C20H13BrN4O2/c1-27-18-7-15(21)14(6-17(18)26)13-4-5-16-19-11(8-23-20(13)19)2-3-12-9-22-10-24-25(12)16/h2-10,26H,1H3.